The summed E-state index contributed by atoms with van der Waals surface area (Å²) in [6, 6.07) is 0. The summed E-state index contributed by atoms with van der Waals surface area (Å²) < 4.78 is 5.69. The summed E-state index contributed by atoms with van der Waals surface area (Å²) in [5.74, 6) is 1.58. The molecule has 0 radical (unpaired) electrons. The molecule has 3 fully saturated rings. The molecule has 0 bridgehead atoms. The van der Waals surface area contributed by atoms with Crippen LogP contribution in [0.5, 0.6) is 0 Å². The van der Waals surface area contributed by atoms with Gasteiger partial charge in [0.05, 0.1) is 0 Å². The molecule has 4 rings (SSSR count). The lowest BCUT2D eigenvalue weighted by molar-refractivity contribution is -0.154. The summed E-state index contributed by atoms with van der Waals surface area (Å²) in [5, 5.41) is 0. The summed E-state index contributed by atoms with van der Waals surface area (Å²) in [6.45, 7) is 5.86. The van der Waals surface area contributed by atoms with E-state index in [1.165, 1.54) is 6.92 Å². The number of ether oxygens (including phenoxy) is 1. The smallest absolute Gasteiger partial charge is 0.303 e. The van der Waals surface area contributed by atoms with E-state index in [1.54, 1.807) is 6.08 Å². The number of rotatable bonds is 1. The highest BCUT2D eigenvalue weighted by atomic mass is 16.5. The fraction of sp³-hybridized carbons (Fsp3) is 0.762. The number of ketones is 2. The van der Waals surface area contributed by atoms with Gasteiger partial charge in [-0.3, -0.25) is 14.4 Å². The number of fused-ring (bicyclic) bond motifs is 5. The predicted octanol–water partition coefficient (Wildman–Crippen LogP) is 3.63. The van der Waals surface area contributed by atoms with E-state index in [4.69, 9.17) is 4.74 Å². The SMILES string of the molecule is CC(=O)OC1CC2C3CCC(=O)C3(C)CCC2C2(C)CCC(=O)C=C12. The van der Waals surface area contributed by atoms with Crippen LogP contribution in [0.4, 0.5) is 0 Å². The molecule has 4 aliphatic carbocycles. The zero-order chi connectivity index (χ0) is 18.0. The largest absolute Gasteiger partial charge is 0.458 e. The van der Waals surface area contributed by atoms with Crippen LogP contribution in [0.1, 0.15) is 65.7 Å². The van der Waals surface area contributed by atoms with E-state index >= 15 is 0 Å². The first-order chi connectivity index (χ1) is 11.8. The minimum Gasteiger partial charge on any atom is -0.458 e. The van der Waals surface area contributed by atoms with E-state index in [-0.39, 0.29) is 28.7 Å². The van der Waals surface area contributed by atoms with E-state index < -0.39 is 0 Å². The molecule has 0 aromatic rings. The molecule has 0 N–H and O–H groups in total. The van der Waals surface area contributed by atoms with Gasteiger partial charge in [0, 0.05) is 25.2 Å². The van der Waals surface area contributed by atoms with Crippen molar-refractivity contribution in [2.24, 2.45) is 28.6 Å². The van der Waals surface area contributed by atoms with Crippen LogP contribution in [-0.4, -0.2) is 23.6 Å². The molecule has 6 atom stereocenters. The average Bonchev–Trinajstić information content (AvgIpc) is 2.84. The highest BCUT2D eigenvalue weighted by Crippen LogP contribution is 2.64. The predicted molar refractivity (Wildman–Crippen MR) is 92.7 cm³/mol. The second kappa shape index (κ2) is 5.52. The third kappa shape index (κ3) is 2.36. The zero-order valence-corrected chi connectivity index (χ0v) is 15.5. The van der Waals surface area contributed by atoms with Crippen LogP contribution in [0, 0.1) is 28.6 Å². The molecule has 0 aliphatic heterocycles. The Kier molecular flexibility index (Phi) is 3.75. The number of hydrogen-bond donors (Lipinski definition) is 0. The number of esters is 1. The Morgan fingerprint density at radius 3 is 2.52 bits per heavy atom. The van der Waals surface area contributed by atoms with Gasteiger partial charge in [-0.15, -0.1) is 0 Å². The van der Waals surface area contributed by atoms with E-state index in [9.17, 15) is 14.4 Å². The third-order valence-electron chi connectivity index (χ3n) is 7.97. The molecule has 0 aromatic heterocycles. The Morgan fingerprint density at radius 1 is 1.08 bits per heavy atom. The van der Waals surface area contributed by atoms with E-state index in [0.29, 0.717) is 36.4 Å². The van der Waals surface area contributed by atoms with Crippen molar-refractivity contribution in [3.05, 3.63) is 11.6 Å². The molecule has 25 heavy (non-hydrogen) atoms. The molecule has 0 amide bonds. The van der Waals surface area contributed by atoms with Crippen LogP contribution >= 0.6 is 0 Å². The van der Waals surface area contributed by atoms with Crippen LogP contribution in [-0.2, 0) is 19.1 Å². The first-order valence-electron chi connectivity index (χ1n) is 9.71. The van der Waals surface area contributed by atoms with Crippen molar-refractivity contribution in [2.45, 2.75) is 71.8 Å². The van der Waals surface area contributed by atoms with Gasteiger partial charge in [-0.1, -0.05) is 13.8 Å². The second-order valence-corrected chi connectivity index (χ2v) is 9.11. The van der Waals surface area contributed by atoms with Crippen molar-refractivity contribution in [2.75, 3.05) is 0 Å². The molecule has 0 spiro atoms. The van der Waals surface area contributed by atoms with Gasteiger partial charge in [-0.2, -0.15) is 0 Å². The van der Waals surface area contributed by atoms with Gasteiger partial charge in [0.1, 0.15) is 11.9 Å². The fourth-order valence-electron chi connectivity index (χ4n) is 6.66. The Balaban J connectivity index is 1.75. The Labute approximate surface area is 149 Å². The van der Waals surface area contributed by atoms with E-state index in [2.05, 4.69) is 13.8 Å². The van der Waals surface area contributed by atoms with Gasteiger partial charge in [-0.05, 0) is 66.9 Å². The summed E-state index contributed by atoms with van der Waals surface area (Å²) in [5.41, 5.74) is 0.765. The molecule has 0 aromatic carbocycles. The van der Waals surface area contributed by atoms with Gasteiger partial charge >= 0.3 is 5.97 Å². The minimum atomic E-state index is -0.300. The Hall–Kier alpha value is -1.45. The fourth-order valence-corrected chi connectivity index (χ4v) is 6.66. The normalized spacial score (nSPS) is 46.0. The molecule has 3 saturated carbocycles. The summed E-state index contributed by atoms with van der Waals surface area (Å²) in [7, 11) is 0. The van der Waals surface area contributed by atoms with Crippen molar-refractivity contribution in [3.63, 3.8) is 0 Å². The maximum atomic E-state index is 12.5. The standard InChI is InChI=1S/C21H28O4/c1-12(22)25-18-11-14-15-4-5-19(24)21(15,3)9-7-16(14)20(2)8-6-13(23)10-17(18)20/h10,14-16,18H,4-9,11H2,1-3H3. The van der Waals surface area contributed by atoms with Gasteiger partial charge in [-0.25, -0.2) is 0 Å². The van der Waals surface area contributed by atoms with Crippen LogP contribution in [0.25, 0.3) is 0 Å². The molecule has 0 heterocycles. The number of carbonyl (C=O) groups excluding carboxylic acids is 3. The summed E-state index contributed by atoms with van der Waals surface area (Å²) >= 11 is 0. The molecule has 0 saturated heterocycles. The van der Waals surface area contributed by atoms with Crippen molar-refractivity contribution >= 4 is 17.5 Å². The second-order valence-electron chi connectivity index (χ2n) is 9.11. The highest BCUT2D eigenvalue weighted by Gasteiger charge is 2.61. The van der Waals surface area contributed by atoms with Gasteiger partial charge in [0.2, 0.25) is 0 Å². The highest BCUT2D eigenvalue weighted by molar-refractivity contribution is 5.92. The lowest BCUT2D eigenvalue weighted by atomic mass is 9.47. The zero-order valence-electron chi connectivity index (χ0n) is 15.5. The van der Waals surface area contributed by atoms with E-state index in [0.717, 1.165) is 37.7 Å². The number of carbonyl (C=O) groups is 3. The van der Waals surface area contributed by atoms with E-state index in [1.807, 2.05) is 0 Å². The molecular weight excluding hydrogens is 316 g/mol. The van der Waals surface area contributed by atoms with Crippen LogP contribution < -0.4 is 0 Å². The van der Waals surface area contributed by atoms with Crippen molar-refractivity contribution in [1.82, 2.24) is 0 Å². The van der Waals surface area contributed by atoms with Gasteiger partial charge in [0.25, 0.3) is 0 Å². The molecule has 4 nitrogen and oxygen atoms in total. The lowest BCUT2D eigenvalue weighted by Gasteiger charge is -2.58. The van der Waals surface area contributed by atoms with Gasteiger partial charge in [0.15, 0.2) is 5.78 Å². The Morgan fingerprint density at radius 2 is 1.80 bits per heavy atom. The Bertz CT molecular complexity index is 677. The monoisotopic (exact) mass is 344 g/mol. The van der Waals surface area contributed by atoms with Crippen LogP contribution in [0.15, 0.2) is 11.6 Å². The van der Waals surface area contributed by atoms with Gasteiger partial charge < -0.3 is 4.74 Å². The molecule has 4 heteroatoms. The topological polar surface area (TPSA) is 60.4 Å². The van der Waals surface area contributed by atoms with Crippen molar-refractivity contribution in [1.29, 1.82) is 0 Å². The average molecular weight is 344 g/mol. The summed E-state index contributed by atoms with van der Waals surface area (Å²) in [6.07, 6.45) is 7.33. The number of hydrogen-bond acceptors (Lipinski definition) is 4. The third-order valence-corrected chi connectivity index (χ3v) is 7.97. The molecule has 6 unspecified atom stereocenters. The van der Waals surface area contributed by atoms with Crippen molar-refractivity contribution in [3.8, 4) is 0 Å². The summed E-state index contributed by atoms with van der Waals surface area (Å²) in [4.78, 5) is 36.3. The molecule has 136 valence electrons. The lowest BCUT2D eigenvalue weighted by Crippen LogP contribution is -2.54. The maximum absolute atomic E-state index is 12.5. The molecule has 4 aliphatic rings. The van der Waals surface area contributed by atoms with Crippen LogP contribution in [0.3, 0.4) is 0 Å². The maximum Gasteiger partial charge on any atom is 0.303 e. The quantitative estimate of drug-likeness (QED) is 0.682. The number of Topliss-reactive ketones (excluding diaryl/α,β-unsaturated/α-hetero) is 1. The first kappa shape index (κ1) is 17.0. The first-order valence-corrected chi connectivity index (χ1v) is 9.71. The minimum absolute atomic E-state index is 0.0795. The molecular formula is C21H28O4. The van der Waals surface area contributed by atoms with Crippen LogP contribution in [0.2, 0.25) is 0 Å². The van der Waals surface area contributed by atoms with Crippen molar-refractivity contribution < 1.29 is 19.1 Å².